The molecule has 1 atom stereocenters. The number of aromatic amines is 1. The van der Waals surface area contributed by atoms with Crippen LogP contribution in [0.2, 0.25) is 0 Å². The number of methoxy groups -OCH3 is 1. The molecule has 2 heterocycles. The van der Waals surface area contributed by atoms with Crippen molar-refractivity contribution in [1.82, 2.24) is 20.0 Å². The van der Waals surface area contributed by atoms with Crippen molar-refractivity contribution in [2.75, 3.05) is 40.9 Å². The van der Waals surface area contributed by atoms with Crippen LogP contribution in [-0.2, 0) is 4.79 Å². The molecule has 1 fully saturated rings. The highest BCUT2D eigenvalue weighted by Crippen LogP contribution is 2.38. The van der Waals surface area contributed by atoms with Gasteiger partial charge in [0.15, 0.2) is 18.1 Å². The molecule has 11 heteroatoms. The Balaban J connectivity index is 1.27. The zero-order valence-electron chi connectivity index (χ0n) is 22.9. The first kappa shape index (κ1) is 27.5. The third kappa shape index (κ3) is 5.79. The van der Waals surface area contributed by atoms with Crippen LogP contribution in [0.15, 0.2) is 60.8 Å². The molecule has 4 aromatic rings. The van der Waals surface area contributed by atoms with Gasteiger partial charge < -0.3 is 29.1 Å². The summed E-state index contributed by atoms with van der Waals surface area (Å²) in [5, 5.41) is 17.8. The molecule has 0 bridgehead atoms. The number of carboxylic acids is 1. The lowest BCUT2D eigenvalue weighted by molar-refractivity contribution is -0.132. The molecule has 11 nitrogen and oxygen atoms in total. The third-order valence-corrected chi connectivity index (χ3v) is 6.93. The van der Waals surface area contributed by atoms with Crippen LogP contribution < -0.4 is 14.2 Å². The predicted molar refractivity (Wildman–Crippen MR) is 151 cm³/mol. The molecule has 2 amide bonds. The number of rotatable bonds is 9. The van der Waals surface area contributed by atoms with E-state index in [2.05, 4.69) is 10.2 Å². The number of nitrogens with one attached hydrogen (secondary N) is 1. The molecule has 1 aliphatic heterocycles. The first-order valence-corrected chi connectivity index (χ1v) is 13.0. The summed E-state index contributed by atoms with van der Waals surface area (Å²) in [6, 6.07) is 15.7. The summed E-state index contributed by atoms with van der Waals surface area (Å²) < 4.78 is 17.3. The second kappa shape index (κ2) is 11.6. The molecule has 1 aromatic heterocycles. The molecular formula is C30H30N4O7. The third-order valence-electron chi connectivity index (χ3n) is 6.93. The average Bonchev–Trinajstić information content (AvgIpc) is 3.65. The standard InChI is InChI=1S/C30H30N4O7/c1-33(2)29(36)18-6-4-7-20(12-18)41-21-10-11-34(16-21)27(35)17-40-28-23(30(37)38)13-19(14-26(28)39-3)22-8-5-9-25-24(22)15-31-32-25/h4-9,12-15,21H,10-11,16-17H2,1-3H3,(H,31,32)(H,37,38). The zero-order valence-corrected chi connectivity index (χ0v) is 22.9. The van der Waals surface area contributed by atoms with Gasteiger partial charge in [0, 0.05) is 38.0 Å². The Morgan fingerprint density at radius 2 is 1.93 bits per heavy atom. The van der Waals surface area contributed by atoms with Gasteiger partial charge in [0.05, 0.1) is 25.4 Å². The fraction of sp³-hybridized carbons (Fsp3) is 0.267. The number of hydrogen-bond acceptors (Lipinski definition) is 7. The fourth-order valence-electron chi connectivity index (χ4n) is 4.87. The fourth-order valence-corrected chi connectivity index (χ4v) is 4.87. The van der Waals surface area contributed by atoms with E-state index in [1.807, 2.05) is 18.2 Å². The molecule has 1 saturated heterocycles. The van der Waals surface area contributed by atoms with Gasteiger partial charge in [0.2, 0.25) is 0 Å². The number of hydrogen-bond donors (Lipinski definition) is 2. The van der Waals surface area contributed by atoms with Gasteiger partial charge in [-0.15, -0.1) is 0 Å². The summed E-state index contributed by atoms with van der Waals surface area (Å²) in [5.41, 5.74) is 2.59. The Morgan fingerprint density at radius 1 is 1.12 bits per heavy atom. The van der Waals surface area contributed by atoms with Gasteiger partial charge in [-0.25, -0.2) is 4.79 Å². The second-order valence-corrected chi connectivity index (χ2v) is 9.88. The first-order chi connectivity index (χ1) is 19.7. The number of carbonyl (C=O) groups is 3. The molecule has 2 N–H and O–H groups in total. The molecule has 41 heavy (non-hydrogen) atoms. The van der Waals surface area contributed by atoms with E-state index in [9.17, 15) is 19.5 Å². The van der Waals surface area contributed by atoms with Crippen LogP contribution >= 0.6 is 0 Å². The lowest BCUT2D eigenvalue weighted by Crippen LogP contribution is -2.34. The molecule has 0 saturated carbocycles. The van der Waals surface area contributed by atoms with Gasteiger partial charge in [-0.05, 0) is 47.5 Å². The lowest BCUT2D eigenvalue weighted by atomic mass is 9.99. The highest BCUT2D eigenvalue weighted by molar-refractivity contribution is 5.99. The molecule has 5 rings (SSSR count). The van der Waals surface area contributed by atoms with Crippen LogP contribution in [0, 0.1) is 0 Å². The number of aromatic carboxylic acids is 1. The second-order valence-electron chi connectivity index (χ2n) is 9.88. The maximum absolute atomic E-state index is 13.0. The van der Waals surface area contributed by atoms with Crippen molar-refractivity contribution in [3.8, 4) is 28.4 Å². The van der Waals surface area contributed by atoms with E-state index in [1.54, 1.807) is 55.5 Å². The summed E-state index contributed by atoms with van der Waals surface area (Å²) >= 11 is 0. The predicted octanol–water partition coefficient (Wildman–Crippen LogP) is 3.70. The topological polar surface area (TPSA) is 134 Å². The SMILES string of the molecule is COc1cc(-c2cccc3[nH]ncc23)cc(C(=O)O)c1OCC(=O)N1CCC(Oc2cccc(C(=O)N(C)C)c2)C1. The number of benzene rings is 3. The van der Waals surface area contributed by atoms with E-state index in [-0.39, 0.29) is 41.6 Å². The number of H-pyrrole nitrogens is 1. The molecule has 1 aliphatic rings. The lowest BCUT2D eigenvalue weighted by Gasteiger charge is -2.19. The first-order valence-electron chi connectivity index (χ1n) is 13.0. The minimum Gasteiger partial charge on any atom is -0.493 e. The quantitative estimate of drug-likeness (QED) is 0.318. The van der Waals surface area contributed by atoms with E-state index in [1.165, 1.54) is 18.1 Å². The molecular weight excluding hydrogens is 528 g/mol. The monoisotopic (exact) mass is 558 g/mol. The minimum atomic E-state index is -1.21. The smallest absolute Gasteiger partial charge is 0.339 e. The van der Waals surface area contributed by atoms with Crippen LogP contribution in [-0.4, -0.2) is 89.9 Å². The van der Waals surface area contributed by atoms with Crippen molar-refractivity contribution in [3.05, 3.63) is 71.9 Å². The number of nitrogens with zero attached hydrogens (tertiary/aromatic N) is 3. The molecule has 3 aromatic carbocycles. The highest BCUT2D eigenvalue weighted by atomic mass is 16.5. The number of carbonyl (C=O) groups excluding carboxylic acids is 2. The van der Waals surface area contributed by atoms with Crippen molar-refractivity contribution in [3.63, 3.8) is 0 Å². The largest absolute Gasteiger partial charge is 0.493 e. The van der Waals surface area contributed by atoms with Crippen LogP contribution in [0.1, 0.15) is 27.1 Å². The Labute approximate surface area is 236 Å². The van der Waals surface area contributed by atoms with Crippen molar-refractivity contribution in [2.45, 2.75) is 12.5 Å². The van der Waals surface area contributed by atoms with Crippen LogP contribution in [0.3, 0.4) is 0 Å². The number of aromatic nitrogens is 2. The molecule has 0 aliphatic carbocycles. The Bertz CT molecular complexity index is 1610. The number of carboxylic acid groups (broad SMARTS) is 1. The normalized spacial score (nSPS) is 14.6. The number of likely N-dealkylation sites (tertiary alicyclic amines) is 1. The van der Waals surface area contributed by atoms with Gasteiger partial charge in [-0.2, -0.15) is 5.10 Å². The Morgan fingerprint density at radius 3 is 2.68 bits per heavy atom. The summed E-state index contributed by atoms with van der Waals surface area (Å²) in [6.45, 7) is 0.428. The van der Waals surface area contributed by atoms with Gasteiger partial charge in [-0.3, -0.25) is 14.7 Å². The molecule has 212 valence electrons. The van der Waals surface area contributed by atoms with Crippen molar-refractivity contribution >= 4 is 28.7 Å². The summed E-state index contributed by atoms with van der Waals surface area (Å²) in [5.74, 6) is -0.919. The van der Waals surface area contributed by atoms with Gasteiger partial charge >= 0.3 is 5.97 Å². The summed E-state index contributed by atoms with van der Waals surface area (Å²) in [6.07, 6.45) is 2.03. The molecule has 0 spiro atoms. The maximum atomic E-state index is 13.0. The van der Waals surface area contributed by atoms with Crippen molar-refractivity contribution in [2.24, 2.45) is 0 Å². The van der Waals surface area contributed by atoms with Crippen LogP contribution in [0.25, 0.3) is 22.0 Å². The number of fused-ring (bicyclic) bond motifs is 1. The Hall–Kier alpha value is -5.06. The number of amides is 2. The van der Waals surface area contributed by atoms with Gasteiger partial charge in [-0.1, -0.05) is 18.2 Å². The van der Waals surface area contributed by atoms with Crippen molar-refractivity contribution < 1.29 is 33.7 Å². The maximum Gasteiger partial charge on any atom is 0.339 e. The molecule has 1 unspecified atom stereocenters. The van der Waals surface area contributed by atoms with Gasteiger partial charge in [0.25, 0.3) is 11.8 Å². The van der Waals surface area contributed by atoms with Crippen LogP contribution in [0.5, 0.6) is 17.2 Å². The van der Waals surface area contributed by atoms with E-state index in [0.717, 1.165) is 16.5 Å². The van der Waals surface area contributed by atoms with Gasteiger partial charge in [0.1, 0.15) is 17.4 Å². The Kier molecular flexibility index (Phi) is 7.77. The van der Waals surface area contributed by atoms with Crippen LogP contribution in [0.4, 0.5) is 0 Å². The number of ether oxygens (including phenoxy) is 3. The van der Waals surface area contributed by atoms with E-state index in [0.29, 0.717) is 36.4 Å². The summed E-state index contributed by atoms with van der Waals surface area (Å²) in [7, 11) is 4.79. The van der Waals surface area contributed by atoms with Crippen molar-refractivity contribution in [1.29, 1.82) is 0 Å². The average molecular weight is 559 g/mol. The summed E-state index contributed by atoms with van der Waals surface area (Å²) in [4.78, 5) is 40.6. The van der Waals surface area contributed by atoms with E-state index in [4.69, 9.17) is 14.2 Å². The van der Waals surface area contributed by atoms with E-state index < -0.39 is 5.97 Å². The van der Waals surface area contributed by atoms with E-state index >= 15 is 0 Å². The minimum absolute atomic E-state index is 0.0224. The zero-order chi connectivity index (χ0) is 29.1. The molecule has 0 radical (unpaired) electrons. The highest BCUT2D eigenvalue weighted by Gasteiger charge is 2.29.